The summed E-state index contributed by atoms with van der Waals surface area (Å²) >= 11 is 0. The molecule has 0 aliphatic heterocycles. The van der Waals surface area contributed by atoms with Gasteiger partial charge in [0.1, 0.15) is 0 Å². The number of nitrogens with zero attached hydrogens (tertiary/aromatic N) is 1. The van der Waals surface area contributed by atoms with Gasteiger partial charge in [0, 0.05) is 12.1 Å². The third kappa shape index (κ3) is 2.74. The molecule has 1 fully saturated rings. The minimum atomic E-state index is -0.438. The van der Waals surface area contributed by atoms with Gasteiger partial charge >= 0.3 is 5.69 Å². The molecule has 5 heteroatoms. The van der Waals surface area contributed by atoms with Crippen molar-refractivity contribution in [2.24, 2.45) is 11.7 Å². The van der Waals surface area contributed by atoms with E-state index in [-0.39, 0.29) is 17.5 Å². The van der Waals surface area contributed by atoms with E-state index < -0.39 is 4.92 Å². The summed E-state index contributed by atoms with van der Waals surface area (Å²) in [6.45, 7) is 0. The van der Waals surface area contributed by atoms with Crippen LogP contribution in [0.4, 0.5) is 5.69 Å². The molecule has 0 radical (unpaired) electrons. The number of benzene rings is 1. The van der Waals surface area contributed by atoms with E-state index in [1.807, 2.05) is 0 Å². The highest BCUT2D eigenvalue weighted by Gasteiger charge is 2.25. The van der Waals surface area contributed by atoms with E-state index in [0.29, 0.717) is 5.92 Å². The first-order valence-electron chi connectivity index (χ1n) is 5.69. The third-order valence-electron chi connectivity index (χ3n) is 3.11. The molecule has 5 nitrogen and oxygen atoms in total. The average Bonchev–Trinajstić information content (AvgIpc) is 3.11. The van der Waals surface area contributed by atoms with E-state index in [1.165, 1.54) is 26.0 Å². The molecule has 17 heavy (non-hydrogen) atoms. The molecule has 92 valence electrons. The molecule has 2 rings (SSSR count). The summed E-state index contributed by atoms with van der Waals surface area (Å²) in [7, 11) is 1.42. The Bertz CT molecular complexity index is 430. The quantitative estimate of drug-likeness (QED) is 0.629. The van der Waals surface area contributed by atoms with E-state index >= 15 is 0 Å². The van der Waals surface area contributed by atoms with Gasteiger partial charge in [-0.05, 0) is 24.0 Å². The van der Waals surface area contributed by atoms with Crippen LogP contribution in [0.1, 0.15) is 30.9 Å². The second kappa shape index (κ2) is 4.71. The monoisotopic (exact) mass is 236 g/mol. The second-order valence-electron chi connectivity index (χ2n) is 4.47. The van der Waals surface area contributed by atoms with Crippen LogP contribution in [-0.2, 0) is 0 Å². The maximum Gasteiger partial charge on any atom is 0.311 e. The smallest absolute Gasteiger partial charge is 0.311 e. The van der Waals surface area contributed by atoms with Crippen LogP contribution < -0.4 is 10.5 Å². The molecule has 0 heterocycles. The van der Waals surface area contributed by atoms with E-state index in [2.05, 4.69) is 0 Å². The van der Waals surface area contributed by atoms with Crippen LogP contribution in [0.5, 0.6) is 5.75 Å². The highest BCUT2D eigenvalue weighted by Crippen LogP contribution is 2.38. The number of hydrogen-bond donors (Lipinski definition) is 1. The maximum absolute atomic E-state index is 10.9. The molecule has 1 atom stereocenters. The first-order valence-corrected chi connectivity index (χ1v) is 5.69. The largest absolute Gasteiger partial charge is 0.490 e. The van der Waals surface area contributed by atoms with Crippen LogP contribution in [-0.4, -0.2) is 12.0 Å². The fourth-order valence-electron chi connectivity index (χ4n) is 1.93. The number of nitro benzene ring substituents is 1. The standard InChI is InChI=1S/C12H16N2O3/c1-17-12-5-4-9(7-11(12)14(15)16)10(13)6-8-2-3-8/h4-5,7-8,10H,2-3,6,13H2,1H3/t10-/m1/s1. The van der Waals surface area contributed by atoms with Crippen molar-refractivity contribution in [3.05, 3.63) is 33.9 Å². The summed E-state index contributed by atoms with van der Waals surface area (Å²) in [5, 5.41) is 10.9. The molecule has 0 aromatic heterocycles. The predicted octanol–water partition coefficient (Wildman–Crippen LogP) is 2.40. The van der Waals surface area contributed by atoms with Crippen molar-refractivity contribution in [3.8, 4) is 5.75 Å². The topological polar surface area (TPSA) is 78.4 Å². The Morgan fingerprint density at radius 3 is 2.82 bits per heavy atom. The number of methoxy groups -OCH3 is 1. The van der Waals surface area contributed by atoms with Gasteiger partial charge in [-0.1, -0.05) is 18.9 Å². The zero-order chi connectivity index (χ0) is 12.4. The minimum absolute atomic E-state index is 0.0174. The number of rotatable bonds is 5. The molecule has 1 aromatic rings. The molecular formula is C12H16N2O3. The minimum Gasteiger partial charge on any atom is -0.490 e. The molecule has 1 aromatic carbocycles. The Hall–Kier alpha value is -1.62. The fourth-order valence-corrected chi connectivity index (χ4v) is 1.93. The Kier molecular flexibility index (Phi) is 3.28. The molecule has 0 amide bonds. The number of ether oxygens (including phenoxy) is 1. The zero-order valence-electron chi connectivity index (χ0n) is 9.76. The highest BCUT2D eigenvalue weighted by molar-refractivity contribution is 5.49. The molecular weight excluding hydrogens is 220 g/mol. The van der Waals surface area contributed by atoms with Crippen molar-refractivity contribution >= 4 is 5.69 Å². The molecule has 2 N–H and O–H groups in total. The molecule has 0 unspecified atom stereocenters. The van der Waals surface area contributed by atoms with Crippen LogP contribution in [0.3, 0.4) is 0 Å². The van der Waals surface area contributed by atoms with Crippen molar-refractivity contribution in [1.82, 2.24) is 0 Å². The molecule has 1 saturated carbocycles. The Balaban J connectivity index is 2.22. The van der Waals surface area contributed by atoms with Gasteiger partial charge in [-0.15, -0.1) is 0 Å². The van der Waals surface area contributed by atoms with Crippen molar-refractivity contribution in [1.29, 1.82) is 0 Å². The SMILES string of the molecule is COc1ccc([C@H](N)CC2CC2)cc1[N+](=O)[O-]. The van der Waals surface area contributed by atoms with Gasteiger partial charge < -0.3 is 10.5 Å². The van der Waals surface area contributed by atoms with Gasteiger partial charge in [0.15, 0.2) is 5.75 Å². The van der Waals surface area contributed by atoms with Crippen LogP contribution in [0.15, 0.2) is 18.2 Å². The van der Waals surface area contributed by atoms with E-state index in [9.17, 15) is 10.1 Å². The lowest BCUT2D eigenvalue weighted by atomic mass is 10.0. The maximum atomic E-state index is 10.9. The van der Waals surface area contributed by atoms with Crippen molar-refractivity contribution in [2.75, 3.05) is 7.11 Å². The summed E-state index contributed by atoms with van der Waals surface area (Å²) in [6.07, 6.45) is 3.36. The predicted molar refractivity (Wildman–Crippen MR) is 63.9 cm³/mol. The van der Waals surface area contributed by atoms with Crippen molar-refractivity contribution in [3.63, 3.8) is 0 Å². The van der Waals surface area contributed by atoms with Crippen molar-refractivity contribution < 1.29 is 9.66 Å². The lowest BCUT2D eigenvalue weighted by molar-refractivity contribution is -0.385. The Morgan fingerprint density at radius 2 is 2.29 bits per heavy atom. The van der Waals surface area contributed by atoms with Crippen LogP contribution in [0, 0.1) is 16.0 Å². The van der Waals surface area contributed by atoms with Gasteiger partial charge in [-0.25, -0.2) is 0 Å². The highest BCUT2D eigenvalue weighted by atomic mass is 16.6. The normalized spacial score (nSPS) is 16.6. The van der Waals surface area contributed by atoms with Gasteiger partial charge in [0.05, 0.1) is 12.0 Å². The lowest BCUT2D eigenvalue weighted by Gasteiger charge is -2.12. The molecule has 0 bridgehead atoms. The van der Waals surface area contributed by atoms with Crippen molar-refractivity contribution in [2.45, 2.75) is 25.3 Å². The van der Waals surface area contributed by atoms with Crippen LogP contribution in [0.2, 0.25) is 0 Å². The summed E-state index contributed by atoms with van der Waals surface area (Å²) in [5.41, 5.74) is 6.83. The van der Waals surface area contributed by atoms with E-state index in [1.54, 1.807) is 12.1 Å². The molecule has 0 spiro atoms. The molecule has 1 aliphatic carbocycles. The fraction of sp³-hybridized carbons (Fsp3) is 0.500. The second-order valence-corrected chi connectivity index (χ2v) is 4.47. The number of nitro groups is 1. The number of hydrogen-bond acceptors (Lipinski definition) is 4. The molecule has 1 aliphatic rings. The van der Waals surface area contributed by atoms with Gasteiger partial charge in [-0.2, -0.15) is 0 Å². The number of nitrogens with two attached hydrogens (primary N) is 1. The van der Waals surface area contributed by atoms with E-state index in [4.69, 9.17) is 10.5 Å². The van der Waals surface area contributed by atoms with Gasteiger partial charge in [0.25, 0.3) is 0 Å². The Morgan fingerprint density at radius 1 is 1.59 bits per heavy atom. The molecule has 0 saturated heterocycles. The first-order chi connectivity index (χ1) is 8.11. The average molecular weight is 236 g/mol. The van der Waals surface area contributed by atoms with Crippen LogP contribution in [0.25, 0.3) is 0 Å². The van der Waals surface area contributed by atoms with Gasteiger partial charge in [-0.3, -0.25) is 10.1 Å². The lowest BCUT2D eigenvalue weighted by Crippen LogP contribution is -2.11. The summed E-state index contributed by atoms with van der Waals surface area (Å²) in [5.74, 6) is 0.975. The summed E-state index contributed by atoms with van der Waals surface area (Å²) in [6, 6.07) is 4.82. The Labute approximate surface area is 99.7 Å². The zero-order valence-corrected chi connectivity index (χ0v) is 9.76. The van der Waals surface area contributed by atoms with E-state index in [0.717, 1.165) is 12.0 Å². The third-order valence-corrected chi connectivity index (χ3v) is 3.11. The van der Waals surface area contributed by atoms with Crippen LogP contribution >= 0.6 is 0 Å². The van der Waals surface area contributed by atoms with Gasteiger partial charge in [0.2, 0.25) is 0 Å². The first kappa shape index (κ1) is 11.9. The summed E-state index contributed by atoms with van der Waals surface area (Å²) in [4.78, 5) is 10.4. The summed E-state index contributed by atoms with van der Waals surface area (Å²) < 4.78 is 4.95.